The molecule has 96 valence electrons. The average Bonchev–Trinajstić information content (AvgIpc) is 2.35. The third-order valence-electron chi connectivity index (χ3n) is 3.68. The molecular weight excluding hydrogens is 225 g/mol. The molecule has 2 rings (SSSR count). The van der Waals surface area contributed by atoms with E-state index in [2.05, 4.69) is 0 Å². The van der Waals surface area contributed by atoms with Crippen LogP contribution in [0.4, 0.5) is 4.39 Å². The van der Waals surface area contributed by atoms with Gasteiger partial charge in [0.05, 0.1) is 0 Å². The Bertz CT molecular complexity index is 556. The lowest BCUT2D eigenvalue weighted by Gasteiger charge is -2.37. The highest BCUT2D eigenvalue weighted by atomic mass is 19.1. The van der Waals surface area contributed by atoms with Gasteiger partial charge in [-0.1, -0.05) is 57.2 Å². The van der Waals surface area contributed by atoms with Gasteiger partial charge >= 0.3 is 0 Å². The van der Waals surface area contributed by atoms with Crippen LogP contribution in [0.3, 0.4) is 0 Å². The molecule has 0 bridgehead atoms. The van der Waals surface area contributed by atoms with E-state index < -0.39 is 11.1 Å². The summed E-state index contributed by atoms with van der Waals surface area (Å²) in [4.78, 5) is 0. The molecule has 0 aliphatic carbocycles. The van der Waals surface area contributed by atoms with Crippen molar-refractivity contribution in [1.29, 1.82) is 0 Å². The molecule has 0 aliphatic rings. The Morgan fingerprint density at radius 1 is 1.00 bits per heavy atom. The summed E-state index contributed by atoms with van der Waals surface area (Å²) in [6, 6.07) is 13.7. The Morgan fingerprint density at radius 2 is 1.61 bits per heavy atom. The van der Waals surface area contributed by atoms with E-state index in [1.165, 1.54) is 0 Å². The zero-order chi connectivity index (χ0) is 13.4. The van der Waals surface area contributed by atoms with E-state index in [1.54, 1.807) is 0 Å². The SMILES string of the molecule is CC(C)(C)C(F)(CN)c1ccc2ccccc2c1. The van der Waals surface area contributed by atoms with Gasteiger partial charge in [0.15, 0.2) is 5.67 Å². The van der Waals surface area contributed by atoms with Gasteiger partial charge in [0.2, 0.25) is 0 Å². The van der Waals surface area contributed by atoms with Gasteiger partial charge < -0.3 is 5.73 Å². The van der Waals surface area contributed by atoms with Crippen molar-refractivity contribution in [1.82, 2.24) is 0 Å². The molecule has 1 nitrogen and oxygen atoms in total. The van der Waals surface area contributed by atoms with Crippen molar-refractivity contribution in [2.45, 2.75) is 26.4 Å². The highest BCUT2D eigenvalue weighted by Crippen LogP contribution is 2.42. The quantitative estimate of drug-likeness (QED) is 0.850. The molecule has 1 unspecified atom stereocenters. The summed E-state index contributed by atoms with van der Waals surface area (Å²) in [6.07, 6.45) is 0. The lowest BCUT2D eigenvalue weighted by Crippen LogP contribution is -2.42. The summed E-state index contributed by atoms with van der Waals surface area (Å²) in [5, 5.41) is 2.17. The van der Waals surface area contributed by atoms with E-state index in [9.17, 15) is 0 Å². The molecule has 0 saturated heterocycles. The van der Waals surface area contributed by atoms with Crippen LogP contribution in [0.5, 0.6) is 0 Å². The molecular formula is C16H20FN. The molecule has 0 fully saturated rings. The van der Waals surface area contributed by atoms with Gasteiger partial charge in [-0.25, -0.2) is 4.39 Å². The molecule has 0 heterocycles. The molecule has 18 heavy (non-hydrogen) atoms. The number of halogens is 1. The molecule has 0 aromatic heterocycles. The lowest BCUT2D eigenvalue weighted by atomic mass is 9.73. The van der Waals surface area contributed by atoms with Gasteiger partial charge in [0, 0.05) is 12.0 Å². The summed E-state index contributed by atoms with van der Waals surface area (Å²) in [5.74, 6) is 0. The first kappa shape index (κ1) is 13.0. The Kier molecular flexibility index (Phi) is 3.16. The van der Waals surface area contributed by atoms with Crippen LogP contribution in [-0.4, -0.2) is 6.54 Å². The van der Waals surface area contributed by atoms with E-state index >= 15 is 4.39 Å². The summed E-state index contributed by atoms with van der Waals surface area (Å²) in [5.41, 5.74) is 4.33. The maximum Gasteiger partial charge on any atom is 0.152 e. The minimum absolute atomic E-state index is 0.00512. The highest BCUT2D eigenvalue weighted by molar-refractivity contribution is 5.83. The van der Waals surface area contributed by atoms with E-state index in [1.807, 2.05) is 63.2 Å². The topological polar surface area (TPSA) is 26.0 Å². The number of nitrogens with two attached hydrogens (primary N) is 1. The Hall–Kier alpha value is -1.41. The smallest absolute Gasteiger partial charge is 0.152 e. The second-order valence-corrected chi connectivity index (χ2v) is 5.82. The number of fused-ring (bicyclic) bond motifs is 1. The zero-order valence-corrected chi connectivity index (χ0v) is 11.2. The fraction of sp³-hybridized carbons (Fsp3) is 0.375. The van der Waals surface area contributed by atoms with E-state index in [4.69, 9.17) is 5.73 Å². The van der Waals surface area contributed by atoms with Crippen LogP contribution in [0.15, 0.2) is 42.5 Å². The predicted molar refractivity (Wildman–Crippen MR) is 75.2 cm³/mol. The van der Waals surface area contributed by atoms with Crippen molar-refractivity contribution < 1.29 is 4.39 Å². The second kappa shape index (κ2) is 4.36. The van der Waals surface area contributed by atoms with Gasteiger partial charge in [-0.15, -0.1) is 0 Å². The molecule has 0 aliphatic heterocycles. The standard InChI is InChI=1S/C16H20FN/c1-15(2,3)16(17,11-18)14-9-8-12-6-4-5-7-13(12)10-14/h4-10H,11,18H2,1-3H3. The van der Waals surface area contributed by atoms with Crippen molar-refractivity contribution in [3.05, 3.63) is 48.0 Å². The molecule has 1 atom stereocenters. The maximum atomic E-state index is 15.2. The van der Waals surface area contributed by atoms with Crippen LogP contribution in [0.2, 0.25) is 0 Å². The molecule has 2 N–H and O–H groups in total. The Balaban J connectivity index is 2.59. The van der Waals surface area contributed by atoms with Gasteiger partial charge in [0.25, 0.3) is 0 Å². The monoisotopic (exact) mass is 245 g/mol. The first-order chi connectivity index (χ1) is 8.38. The van der Waals surface area contributed by atoms with Crippen LogP contribution in [0.25, 0.3) is 10.8 Å². The summed E-state index contributed by atoms with van der Waals surface area (Å²) in [7, 11) is 0. The zero-order valence-electron chi connectivity index (χ0n) is 11.2. The van der Waals surface area contributed by atoms with Gasteiger partial charge in [0.1, 0.15) is 0 Å². The summed E-state index contributed by atoms with van der Waals surface area (Å²) >= 11 is 0. The number of alkyl halides is 1. The van der Waals surface area contributed by atoms with Gasteiger partial charge in [-0.2, -0.15) is 0 Å². The minimum Gasteiger partial charge on any atom is -0.327 e. The molecule has 2 heteroatoms. The fourth-order valence-corrected chi connectivity index (χ4v) is 2.29. The van der Waals surface area contributed by atoms with Crippen molar-refractivity contribution in [3.8, 4) is 0 Å². The normalized spacial score (nSPS) is 15.6. The van der Waals surface area contributed by atoms with Crippen LogP contribution >= 0.6 is 0 Å². The second-order valence-electron chi connectivity index (χ2n) is 5.82. The van der Waals surface area contributed by atoms with Crippen LogP contribution < -0.4 is 5.73 Å². The number of hydrogen-bond acceptors (Lipinski definition) is 1. The van der Waals surface area contributed by atoms with Crippen LogP contribution in [-0.2, 0) is 5.67 Å². The number of rotatable bonds is 2. The summed E-state index contributed by atoms with van der Waals surface area (Å²) < 4.78 is 15.2. The van der Waals surface area contributed by atoms with Gasteiger partial charge in [-0.3, -0.25) is 0 Å². The third-order valence-corrected chi connectivity index (χ3v) is 3.68. The van der Waals surface area contributed by atoms with Crippen molar-refractivity contribution in [2.24, 2.45) is 11.1 Å². The Labute approximate surface area is 108 Å². The predicted octanol–water partition coefficient (Wildman–Crippen LogP) is 4.01. The Morgan fingerprint density at radius 3 is 2.17 bits per heavy atom. The van der Waals surface area contributed by atoms with E-state index in [-0.39, 0.29) is 6.54 Å². The third kappa shape index (κ3) is 2.01. The highest BCUT2D eigenvalue weighted by Gasteiger charge is 2.42. The van der Waals surface area contributed by atoms with Crippen molar-refractivity contribution in [3.63, 3.8) is 0 Å². The average molecular weight is 245 g/mol. The molecule has 0 amide bonds. The maximum absolute atomic E-state index is 15.2. The fourth-order valence-electron chi connectivity index (χ4n) is 2.29. The van der Waals surface area contributed by atoms with E-state index in [0.29, 0.717) is 5.56 Å². The molecule has 0 radical (unpaired) electrons. The lowest BCUT2D eigenvalue weighted by molar-refractivity contribution is 0.0344. The number of benzene rings is 2. The van der Waals surface area contributed by atoms with Crippen LogP contribution in [0, 0.1) is 5.41 Å². The van der Waals surface area contributed by atoms with Gasteiger partial charge in [-0.05, 0) is 22.4 Å². The van der Waals surface area contributed by atoms with Crippen LogP contribution in [0.1, 0.15) is 26.3 Å². The first-order valence-electron chi connectivity index (χ1n) is 6.27. The van der Waals surface area contributed by atoms with E-state index in [0.717, 1.165) is 10.8 Å². The minimum atomic E-state index is -1.50. The molecule has 0 saturated carbocycles. The first-order valence-corrected chi connectivity index (χ1v) is 6.27. The largest absolute Gasteiger partial charge is 0.327 e. The van der Waals surface area contributed by atoms with Crippen molar-refractivity contribution in [2.75, 3.05) is 6.54 Å². The summed E-state index contributed by atoms with van der Waals surface area (Å²) in [6.45, 7) is 5.65. The van der Waals surface area contributed by atoms with Crippen molar-refractivity contribution >= 4 is 10.8 Å². The molecule has 0 spiro atoms. The number of hydrogen-bond donors (Lipinski definition) is 1. The molecule has 2 aromatic rings. The molecule has 2 aromatic carbocycles.